The lowest BCUT2D eigenvalue weighted by Crippen LogP contribution is -2.65. The van der Waals surface area contributed by atoms with Crippen LogP contribution in [0.25, 0.3) is 0 Å². The highest BCUT2D eigenvalue weighted by Crippen LogP contribution is 2.51. The van der Waals surface area contributed by atoms with Gasteiger partial charge < -0.3 is 4.90 Å². The second-order valence-electron chi connectivity index (χ2n) is 6.20. The number of rotatable bonds is 4. The number of allylic oxidation sites excluding steroid dienone is 1. The summed E-state index contributed by atoms with van der Waals surface area (Å²) in [7, 11) is 0. The molecule has 3 rings (SSSR count). The molecule has 1 amide bonds. The minimum atomic E-state index is -0.0831. The lowest BCUT2D eigenvalue weighted by molar-refractivity contribution is -0.153. The van der Waals surface area contributed by atoms with Gasteiger partial charge in [0.1, 0.15) is 0 Å². The van der Waals surface area contributed by atoms with Crippen molar-refractivity contribution in [3.05, 3.63) is 24.9 Å². The highest BCUT2D eigenvalue weighted by atomic mass is 16.2. The van der Waals surface area contributed by atoms with Crippen LogP contribution >= 0.6 is 0 Å². The number of nitrogens with zero attached hydrogens (tertiary/aromatic N) is 1. The molecule has 1 saturated heterocycles. The Balaban J connectivity index is 1.83. The van der Waals surface area contributed by atoms with Gasteiger partial charge in [0.2, 0.25) is 5.91 Å². The van der Waals surface area contributed by atoms with Gasteiger partial charge in [-0.1, -0.05) is 31.9 Å². The maximum atomic E-state index is 12.1. The summed E-state index contributed by atoms with van der Waals surface area (Å²) in [4.78, 5) is 14.1. The van der Waals surface area contributed by atoms with Crippen LogP contribution < -0.4 is 0 Å². The molecule has 0 radical (unpaired) electrons. The number of hydrogen-bond acceptors (Lipinski definition) is 1. The zero-order valence-corrected chi connectivity index (χ0v) is 11.2. The van der Waals surface area contributed by atoms with Crippen LogP contribution in [-0.4, -0.2) is 16.3 Å². The standard InChI is InChI=1S/C16H23NO/c1-3-16(14-9-4-5-10-14)11-15(18)17(16)12(2)13-7-6-8-13/h3,13-14H,1-2,4-11H2. The van der Waals surface area contributed by atoms with E-state index < -0.39 is 0 Å². The van der Waals surface area contributed by atoms with E-state index in [0.717, 1.165) is 5.70 Å². The Morgan fingerprint density at radius 2 is 1.89 bits per heavy atom. The Hall–Kier alpha value is -1.05. The summed E-state index contributed by atoms with van der Waals surface area (Å²) < 4.78 is 0. The highest BCUT2D eigenvalue weighted by molar-refractivity contribution is 5.88. The molecule has 0 aromatic carbocycles. The quantitative estimate of drug-likeness (QED) is 0.547. The summed E-state index contributed by atoms with van der Waals surface area (Å²) in [5.74, 6) is 1.43. The van der Waals surface area contributed by atoms with Gasteiger partial charge in [-0.3, -0.25) is 4.79 Å². The van der Waals surface area contributed by atoms with Crippen molar-refractivity contribution >= 4 is 5.91 Å². The average Bonchev–Trinajstić information content (AvgIpc) is 2.75. The highest BCUT2D eigenvalue weighted by Gasteiger charge is 2.55. The van der Waals surface area contributed by atoms with Gasteiger partial charge >= 0.3 is 0 Å². The molecule has 0 aromatic heterocycles. The predicted molar refractivity (Wildman–Crippen MR) is 72.8 cm³/mol. The van der Waals surface area contributed by atoms with Crippen molar-refractivity contribution in [3.63, 3.8) is 0 Å². The van der Waals surface area contributed by atoms with E-state index in [1.165, 1.54) is 44.9 Å². The van der Waals surface area contributed by atoms with Crippen molar-refractivity contribution in [2.45, 2.75) is 56.9 Å². The normalized spacial score (nSPS) is 33.1. The topological polar surface area (TPSA) is 20.3 Å². The van der Waals surface area contributed by atoms with Crippen molar-refractivity contribution in [1.29, 1.82) is 0 Å². The maximum Gasteiger partial charge on any atom is 0.230 e. The Bertz CT molecular complexity index is 390. The van der Waals surface area contributed by atoms with E-state index in [-0.39, 0.29) is 11.4 Å². The van der Waals surface area contributed by atoms with E-state index in [0.29, 0.717) is 18.3 Å². The van der Waals surface area contributed by atoms with E-state index in [4.69, 9.17) is 0 Å². The number of β-lactam (4-membered cyclic amide) rings is 1. The Kier molecular flexibility index (Phi) is 2.84. The molecule has 1 unspecified atom stereocenters. The number of carbonyl (C=O) groups excluding carboxylic acids is 1. The molecule has 0 spiro atoms. The van der Waals surface area contributed by atoms with Crippen LogP contribution in [0.15, 0.2) is 24.9 Å². The molecule has 0 aromatic rings. The first-order chi connectivity index (χ1) is 8.69. The number of carbonyl (C=O) groups is 1. The van der Waals surface area contributed by atoms with Crippen molar-refractivity contribution in [2.75, 3.05) is 0 Å². The van der Waals surface area contributed by atoms with Gasteiger partial charge in [0.05, 0.1) is 12.0 Å². The molecule has 18 heavy (non-hydrogen) atoms. The summed E-state index contributed by atoms with van der Waals surface area (Å²) in [5, 5.41) is 0. The first-order valence-electron chi connectivity index (χ1n) is 7.34. The molecular formula is C16H23NO. The third-order valence-electron chi connectivity index (χ3n) is 5.38. The molecule has 1 atom stereocenters. The SMILES string of the molecule is C=CC1(C2CCCC2)CC(=O)N1C(=C)C1CCC1. The molecular weight excluding hydrogens is 222 g/mol. The zero-order chi connectivity index (χ0) is 12.8. The minimum Gasteiger partial charge on any atom is -0.306 e. The number of amides is 1. The van der Waals surface area contributed by atoms with E-state index >= 15 is 0 Å². The van der Waals surface area contributed by atoms with E-state index in [2.05, 4.69) is 13.2 Å². The second-order valence-corrected chi connectivity index (χ2v) is 6.20. The molecule has 0 bridgehead atoms. The summed E-state index contributed by atoms with van der Waals surface area (Å²) in [6.45, 7) is 8.26. The van der Waals surface area contributed by atoms with Gasteiger partial charge in [0.15, 0.2) is 0 Å². The summed E-state index contributed by atoms with van der Waals surface area (Å²) in [6, 6.07) is 0. The largest absolute Gasteiger partial charge is 0.306 e. The third kappa shape index (κ3) is 1.51. The van der Waals surface area contributed by atoms with Crippen LogP contribution in [0.2, 0.25) is 0 Å². The van der Waals surface area contributed by atoms with Gasteiger partial charge in [0, 0.05) is 5.70 Å². The smallest absolute Gasteiger partial charge is 0.230 e. The molecule has 2 saturated carbocycles. The predicted octanol–water partition coefficient (Wildman–Crippen LogP) is 3.65. The zero-order valence-electron chi connectivity index (χ0n) is 11.2. The monoisotopic (exact) mass is 245 g/mol. The minimum absolute atomic E-state index is 0.0831. The lowest BCUT2D eigenvalue weighted by atomic mass is 9.70. The van der Waals surface area contributed by atoms with Crippen molar-refractivity contribution in [3.8, 4) is 0 Å². The molecule has 2 heteroatoms. The Morgan fingerprint density at radius 3 is 2.33 bits per heavy atom. The van der Waals surface area contributed by atoms with Gasteiger partial charge in [0.25, 0.3) is 0 Å². The number of likely N-dealkylation sites (tertiary alicyclic amines) is 1. The molecule has 2 aliphatic carbocycles. The van der Waals surface area contributed by atoms with Crippen LogP contribution in [0.3, 0.4) is 0 Å². The molecule has 98 valence electrons. The Labute approximate surface area is 110 Å². The lowest BCUT2D eigenvalue weighted by Gasteiger charge is -2.56. The first-order valence-corrected chi connectivity index (χ1v) is 7.34. The molecule has 3 aliphatic rings. The van der Waals surface area contributed by atoms with Crippen molar-refractivity contribution in [1.82, 2.24) is 4.90 Å². The van der Waals surface area contributed by atoms with Crippen LogP contribution in [0.1, 0.15) is 51.4 Å². The fraction of sp³-hybridized carbons (Fsp3) is 0.688. The molecule has 1 heterocycles. The van der Waals surface area contributed by atoms with E-state index in [1.807, 2.05) is 11.0 Å². The number of hydrogen-bond donors (Lipinski definition) is 0. The summed E-state index contributed by atoms with van der Waals surface area (Å²) in [6.07, 6.45) is 11.5. The average molecular weight is 245 g/mol. The fourth-order valence-corrected chi connectivity index (χ4v) is 3.98. The first kappa shape index (κ1) is 12.0. The summed E-state index contributed by atoms with van der Waals surface area (Å²) >= 11 is 0. The summed E-state index contributed by atoms with van der Waals surface area (Å²) in [5.41, 5.74) is 0.990. The maximum absolute atomic E-state index is 12.1. The van der Waals surface area contributed by atoms with E-state index in [9.17, 15) is 4.79 Å². The molecule has 2 nitrogen and oxygen atoms in total. The van der Waals surface area contributed by atoms with E-state index in [1.54, 1.807) is 0 Å². The second kappa shape index (κ2) is 4.25. The van der Waals surface area contributed by atoms with Gasteiger partial charge in [-0.2, -0.15) is 0 Å². The molecule has 1 aliphatic heterocycles. The third-order valence-corrected chi connectivity index (χ3v) is 5.38. The van der Waals surface area contributed by atoms with Crippen LogP contribution in [0.5, 0.6) is 0 Å². The van der Waals surface area contributed by atoms with Crippen LogP contribution in [0, 0.1) is 11.8 Å². The van der Waals surface area contributed by atoms with Crippen molar-refractivity contribution in [2.24, 2.45) is 11.8 Å². The molecule has 3 fully saturated rings. The van der Waals surface area contributed by atoms with Gasteiger partial charge in [-0.25, -0.2) is 0 Å². The molecule has 0 N–H and O–H groups in total. The van der Waals surface area contributed by atoms with Gasteiger partial charge in [-0.05, 0) is 37.5 Å². The van der Waals surface area contributed by atoms with Crippen LogP contribution in [0.4, 0.5) is 0 Å². The van der Waals surface area contributed by atoms with Crippen molar-refractivity contribution < 1.29 is 4.79 Å². The van der Waals surface area contributed by atoms with Crippen LogP contribution in [-0.2, 0) is 4.79 Å². The van der Waals surface area contributed by atoms with Gasteiger partial charge in [-0.15, -0.1) is 6.58 Å². The Morgan fingerprint density at radius 1 is 1.22 bits per heavy atom. The fourth-order valence-electron chi connectivity index (χ4n) is 3.98.